The molecule has 1 rings (SSSR count). The maximum absolute atomic E-state index is 13.0. The lowest BCUT2D eigenvalue weighted by molar-refractivity contribution is 0.400. The van der Waals surface area contributed by atoms with Crippen molar-refractivity contribution < 1.29 is 4.39 Å². The van der Waals surface area contributed by atoms with Gasteiger partial charge in [-0.1, -0.05) is 13.8 Å². The Labute approximate surface area is 73.5 Å². The minimum atomic E-state index is -0.293. The quantitative estimate of drug-likeness (QED) is 0.749. The second kappa shape index (κ2) is 3.34. The Balaban J connectivity index is 2.79. The highest BCUT2D eigenvalue weighted by Gasteiger charge is 2.07. The monoisotopic (exact) mass is 220 g/mol. The van der Waals surface area contributed by atoms with Gasteiger partial charge in [0.1, 0.15) is 0 Å². The van der Waals surface area contributed by atoms with Crippen molar-refractivity contribution in [3.05, 3.63) is 16.6 Å². The zero-order valence-corrected chi connectivity index (χ0v) is 8.10. The van der Waals surface area contributed by atoms with E-state index in [4.69, 9.17) is 0 Å². The molecule has 1 aromatic heterocycles. The van der Waals surface area contributed by atoms with Gasteiger partial charge in [0, 0.05) is 6.54 Å². The molecule has 0 fully saturated rings. The fraction of sp³-hybridized carbons (Fsp3) is 0.571. The van der Waals surface area contributed by atoms with Crippen LogP contribution in [0.1, 0.15) is 13.8 Å². The van der Waals surface area contributed by atoms with E-state index in [9.17, 15) is 4.39 Å². The lowest BCUT2D eigenvalue weighted by atomic mass is 10.2. The van der Waals surface area contributed by atoms with Gasteiger partial charge in [-0.25, -0.2) is 4.68 Å². The molecule has 1 heterocycles. The summed E-state index contributed by atoms with van der Waals surface area (Å²) < 4.78 is 14.8. The molecule has 0 aliphatic rings. The van der Waals surface area contributed by atoms with Gasteiger partial charge in [0.25, 0.3) is 0 Å². The third kappa shape index (κ3) is 2.02. The van der Waals surface area contributed by atoms with Gasteiger partial charge in [0.05, 0.1) is 10.7 Å². The molecular formula is C7H10BrFN2. The van der Waals surface area contributed by atoms with Crippen molar-refractivity contribution in [2.24, 2.45) is 5.92 Å². The molecule has 0 saturated heterocycles. The minimum absolute atomic E-state index is 0.293. The molecule has 1 aromatic rings. The number of rotatable bonds is 2. The fourth-order valence-electron chi connectivity index (χ4n) is 0.821. The van der Waals surface area contributed by atoms with Gasteiger partial charge in [-0.3, -0.25) is 0 Å². The Bertz CT molecular complexity index is 245. The average molecular weight is 221 g/mol. The summed E-state index contributed by atoms with van der Waals surface area (Å²) in [5.41, 5.74) is 0. The first-order valence-electron chi connectivity index (χ1n) is 3.48. The van der Waals surface area contributed by atoms with Gasteiger partial charge >= 0.3 is 0 Å². The van der Waals surface area contributed by atoms with E-state index in [2.05, 4.69) is 21.0 Å². The molecule has 2 nitrogen and oxygen atoms in total. The molecule has 62 valence electrons. The van der Waals surface area contributed by atoms with Crippen molar-refractivity contribution in [3.8, 4) is 0 Å². The summed E-state index contributed by atoms with van der Waals surface area (Å²) in [6.45, 7) is 4.67. The zero-order chi connectivity index (χ0) is 8.43. The highest BCUT2D eigenvalue weighted by molar-refractivity contribution is 9.10. The third-order valence-electron chi connectivity index (χ3n) is 1.27. The molecule has 0 saturated carbocycles. The molecule has 0 amide bonds. The summed E-state index contributed by atoms with van der Waals surface area (Å²) in [5.74, 6) is 0.120. The number of halogens is 2. The summed E-state index contributed by atoms with van der Waals surface area (Å²) in [4.78, 5) is 0. The third-order valence-corrected chi connectivity index (χ3v) is 1.80. The Morgan fingerprint density at radius 2 is 2.36 bits per heavy atom. The molecule has 0 bridgehead atoms. The van der Waals surface area contributed by atoms with Gasteiger partial charge < -0.3 is 0 Å². The van der Waals surface area contributed by atoms with Crippen molar-refractivity contribution in [1.29, 1.82) is 0 Å². The highest BCUT2D eigenvalue weighted by Crippen LogP contribution is 2.14. The van der Waals surface area contributed by atoms with Crippen LogP contribution in [0.15, 0.2) is 10.7 Å². The number of hydrogen-bond acceptors (Lipinski definition) is 1. The van der Waals surface area contributed by atoms with E-state index < -0.39 is 0 Å². The molecular weight excluding hydrogens is 211 g/mol. The second-order valence-corrected chi connectivity index (χ2v) is 3.71. The first kappa shape index (κ1) is 8.71. The van der Waals surface area contributed by atoms with Crippen molar-refractivity contribution in [2.75, 3.05) is 0 Å². The van der Waals surface area contributed by atoms with E-state index >= 15 is 0 Å². The predicted octanol–water partition coefficient (Wildman–Crippen LogP) is 2.44. The van der Waals surface area contributed by atoms with Gasteiger partial charge in [-0.15, -0.1) is 0 Å². The van der Waals surface area contributed by atoms with E-state index in [-0.39, 0.29) is 5.95 Å². The molecule has 0 radical (unpaired) electrons. The van der Waals surface area contributed by atoms with E-state index in [1.807, 2.05) is 13.8 Å². The van der Waals surface area contributed by atoms with Gasteiger partial charge in [-0.2, -0.15) is 9.49 Å². The van der Waals surface area contributed by atoms with Crippen LogP contribution in [0.5, 0.6) is 0 Å². The second-order valence-electron chi connectivity index (χ2n) is 2.86. The lowest BCUT2D eigenvalue weighted by Crippen LogP contribution is -2.08. The van der Waals surface area contributed by atoms with E-state index in [0.717, 1.165) is 0 Å². The van der Waals surface area contributed by atoms with Crippen LogP contribution in [0.25, 0.3) is 0 Å². The zero-order valence-electron chi connectivity index (χ0n) is 6.51. The summed E-state index contributed by atoms with van der Waals surface area (Å²) in [5, 5.41) is 3.85. The van der Waals surface area contributed by atoms with Crippen LogP contribution >= 0.6 is 15.9 Å². The molecule has 0 aliphatic carbocycles. The van der Waals surface area contributed by atoms with Crippen molar-refractivity contribution in [1.82, 2.24) is 9.78 Å². The molecule has 0 N–H and O–H groups in total. The normalized spacial score (nSPS) is 11.0. The van der Waals surface area contributed by atoms with Crippen LogP contribution in [0, 0.1) is 11.9 Å². The lowest BCUT2D eigenvalue weighted by Gasteiger charge is -2.04. The standard InChI is InChI=1S/C7H10BrFN2/c1-5(2)4-11-7(9)6(8)3-10-11/h3,5H,4H2,1-2H3. The van der Waals surface area contributed by atoms with Crippen LogP contribution in [0.2, 0.25) is 0 Å². The minimum Gasteiger partial charge on any atom is -0.238 e. The topological polar surface area (TPSA) is 17.8 Å². The maximum Gasteiger partial charge on any atom is 0.225 e. The van der Waals surface area contributed by atoms with Gasteiger partial charge in [0.2, 0.25) is 5.95 Å². The summed E-state index contributed by atoms with van der Waals surface area (Å²) in [6, 6.07) is 0. The van der Waals surface area contributed by atoms with Crippen LogP contribution in [-0.4, -0.2) is 9.78 Å². The van der Waals surface area contributed by atoms with Crippen molar-refractivity contribution in [3.63, 3.8) is 0 Å². The Morgan fingerprint density at radius 1 is 1.73 bits per heavy atom. The van der Waals surface area contributed by atoms with Gasteiger partial charge in [-0.05, 0) is 21.8 Å². The average Bonchev–Trinajstić information content (AvgIpc) is 2.18. The molecule has 0 aliphatic heterocycles. The number of nitrogens with zero attached hydrogens (tertiary/aromatic N) is 2. The first-order valence-corrected chi connectivity index (χ1v) is 4.27. The van der Waals surface area contributed by atoms with Crippen LogP contribution < -0.4 is 0 Å². The van der Waals surface area contributed by atoms with Crippen LogP contribution in [-0.2, 0) is 6.54 Å². The molecule has 4 heteroatoms. The molecule has 0 spiro atoms. The Hall–Kier alpha value is -0.380. The fourth-order valence-corrected chi connectivity index (χ4v) is 1.12. The SMILES string of the molecule is CC(C)Cn1ncc(Br)c1F. The largest absolute Gasteiger partial charge is 0.238 e. The summed E-state index contributed by atoms with van der Waals surface area (Å²) in [7, 11) is 0. The van der Waals surface area contributed by atoms with Crippen LogP contribution in [0.4, 0.5) is 4.39 Å². The molecule has 0 unspecified atom stereocenters. The van der Waals surface area contributed by atoms with E-state index in [1.165, 1.54) is 10.9 Å². The molecule has 0 aromatic carbocycles. The summed E-state index contributed by atoms with van der Waals surface area (Å²) in [6.07, 6.45) is 1.47. The number of aromatic nitrogens is 2. The first-order chi connectivity index (χ1) is 5.11. The van der Waals surface area contributed by atoms with Crippen molar-refractivity contribution in [2.45, 2.75) is 20.4 Å². The summed E-state index contributed by atoms with van der Waals surface area (Å²) >= 11 is 3.05. The number of hydrogen-bond donors (Lipinski definition) is 0. The maximum atomic E-state index is 13.0. The Kier molecular flexibility index (Phi) is 2.65. The molecule has 0 atom stereocenters. The van der Waals surface area contributed by atoms with E-state index in [0.29, 0.717) is 16.9 Å². The predicted molar refractivity (Wildman–Crippen MR) is 44.7 cm³/mol. The van der Waals surface area contributed by atoms with E-state index in [1.54, 1.807) is 0 Å². The van der Waals surface area contributed by atoms with Crippen molar-refractivity contribution >= 4 is 15.9 Å². The Morgan fingerprint density at radius 3 is 2.73 bits per heavy atom. The molecule has 11 heavy (non-hydrogen) atoms. The highest BCUT2D eigenvalue weighted by atomic mass is 79.9. The smallest absolute Gasteiger partial charge is 0.225 e. The van der Waals surface area contributed by atoms with Gasteiger partial charge in [0.15, 0.2) is 0 Å². The van der Waals surface area contributed by atoms with Crippen LogP contribution in [0.3, 0.4) is 0 Å².